The van der Waals surface area contributed by atoms with Crippen molar-refractivity contribution in [3.05, 3.63) is 10.4 Å². The van der Waals surface area contributed by atoms with E-state index in [2.05, 4.69) is 15.3 Å². The smallest absolute Gasteiger partial charge is 0.407 e. The molecule has 0 aromatic heterocycles. The van der Waals surface area contributed by atoms with Crippen LogP contribution in [0, 0.1) is 5.92 Å². The predicted molar refractivity (Wildman–Crippen MR) is 75.3 cm³/mol. The zero-order valence-corrected chi connectivity index (χ0v) is 12.6. The van der Waals surface area contributed by atoms with E-state index in [0.717, 1.165) is 19.3 Å². The molecule has 1 saturated carbocycles. The van der Waals surface area contributed by atoms with Gasteiger partial charge in [0.05, 0.1) is 6.04 Å². The van der Waals surface area contributed by atoms with E-state index in [0.29, 0.717) is 12.5 Å². The molecule has 0 aromatic rings. The first-order chi connectivity index (χ1) is 9.35. The first kappa shape index (κ1) is 16.6. The van der Waals surface area contributed by atoms with E-state index >= 15 is 0 Å². The van der Waals surface area contributed by atoms with Crippen LogP contribution in [0.4, 0.5) is 4.79 Å². The molecule has 1 amide bonds. The number of nitrogens with one attached hydrogen (secondary N) is 1. The molecule has 3 atom stereocenters. The molecule has 114 valence electrons. The van der Waals surface area contributed by atoms with Crippen molar-refractivity contribution < 1.29 is 14.3 Å². The molecule has 1 N–H and O–H groups in total. The van der Waals surface area contributed by atoms with Crippen LogP contribution in [0.2, 0.25) is 0 Å². The summed E-state index contributed by atoms with van der Waals surface area (Å²) in [5.74, 6) is 0.366. The Kier molecular flexibility index (Phi) is 6.10. The average Bonchev–Trinajstić information content (AvgIpc) is 2.30. The van der Waals surface area contributed by atoms with Gasteiger partial charge in [0.2, 0.25) is 0 Å². The molecule has 1 rings (SSSR count). The standard InChI is InChI=1S/C13H24N4O3/c1-13(2,3)20-12(18)15-11-7-9(8-19-4)5-6-10(11)16-17-14/h9-11H,5-8H2,1-4H3,(H,15,18)/t9-,10-,11+/m1/s1. The molecule has 0 bridgehead atoms. The molecule has 0 unspecified atom stereocenters. The van der Waals surface area contributed by atoms with Crippen LogP contribution in [0.3, 0.4) is 0 Å². The maximum Gasteiger partial charge on any atom is 0.407 e. The molecule has 1 fully saturated rings. The summed E-state index contributed by atoms with van der Waals surface area (Å²) < 4.78 is 10.4. The third kappa shape index (κ3) is 5.67. The maximum absolute atomic E-state index is 11.8. The highest BCUT2D eigenvalue weighted by Gasteiger charge is 2.32. The van der Waals surface area contributed by atoms with E-state index in [4.69, 9.17) is 15.0 Å². The highest BCUT2D eigenvalue weighted by atomic mass is 16.6. The summed E-state index contributed by atoms with van der Waals surface area (Å²) in [4.78, 5) is 14.7. The molecule has 0 heterocycles. The van der Waals surface area contributed by atoms with Crippen LogP contribution in [0.25, 0.3) is 10.4 Å². The molecule has 7 nitrogen and oxygen atoms in total. The lowest BCUT2D eigenvalue weighted by atomic mass is 9.83. The summed E-state index contributed by atoms with van der Waals surface area (Å²) in [6.45, 7) is 6.08. The lowest BCUT2D eigenvalue weighted by Gasteiger charge is -2.34. The van der Waals surface area contributed by atoms with E-state index in [1.165, 1.54) is 0 Å². The van der Waals surface area contributed by atoms with Gasteiger partial charge in [0.25, 0.3) is 0 Å². The second-order valence-electron chi connectivity index (χ2n) is 6.16. The highest BCUT2D eigenvalue weighted by molar-refractivity contribution is 5.68. The van der Waals surface area contributed by atoms with Crippen LogP contribution >= 0.6 is 0 Å². The second kappa shape index (κ2) is 7.36. The normalized spacial score (nSPS) is 26.5. The molecular weight excluding hydrogens is 260 g/mol. The Hall–Kier alpha value is -1.46. The summed E-state index contributed by atoms with van der Waals surface area (Å²) in [6.07, 6.45) is 1.94. The lowest BCUT2D eigenvalue weighted by molar-refractivity contribution is 0.0454. The van der Waals surface area contributed by atoms with Gasteiger partial charge in [0.1, 0.15) is 5.60 Å². The van der Waals surface area contributed by atoms with Gasteiger partial charge in [-0.3, -0.25) is 0 Å². The number of ether oxygens (including phenoxy) is 2. The van der Waals surface area contributed by atoms with Crippen LogP contribution in [-0.2, 0) is 9.47 Å². The summed E-state index contributed by atoms with van der Waals surface area (Å²) in [6, 6.07) is -0.421. The minimum absolute atomic E-state index is 0.199. The third-order valence-electron chi connectivity index (χ3n) is 3.23. The van der Waals surface area contributed by atoms with E-state index < -0.39 is 11.7 Å². The number of carbonyl (C=O) groups excluding carboxylic acids is 1. The Labute approximate surface area is 119 Å². The minimum atomic E-state index is -0.543. The van der Waals surface area contributed by atoms with Gasteiger partial charge in [0.15, 0.2) is 0 Å². The lowest BCUT2D eigenvalue weighted by Crippen LogP contribution is -2.48. The molecule has 0 radical (unpaired) electrons. The molecule has 0 aliphatic heterocycles. The van der Waals surface area contributed by atoms with E-state index in [1.807, 2.05) is 20.8 Å². The van der Waals surface area contributed by atoms with Crippen molar-refractivity contribution in [1.82, 2.24) is 5.32 Å². The fourth-order valence-corrected chi connectivity index (χ4v) is 2.45. The number of amides is 1. The summed E-state index contributed by atoms with van der Waals surface area (Å²) in [5.41, 5.74) is 8.07. The van der Waals surface area contributed by atoms with Crippen molar-refractivity contribution in [3.63, 3.8) is 0 Å². The van der Waals surface area contributed by atoms with Crippen molar-refractivity contribution in [2.45, 2.75) is 57.7 Å². The fraction of sp³-hybridized carbons (Fsp3) is 0.923. The number of alkyl carbamates (subject to hydrolysis) is 1. The van der Waals surface area contributed by atoms with Gasteiger partial charge in [-0.15, -0.1) is 0 Å². The molecule has 0 saturated heterocycles. The highest BCUT2D eigenvalue weighted by Crippen LogP contribution is 2.27. The van der Waals surface area contributed by atoms with E-state index in [1.54, 1.807) is 7.11 Å². The number of rotatable bonds is 4. The Balaban J connectivity index is 2.64. The van der Waals surface area contributed by atoms with Crippen LogP contribution in [0.5, 0.6) is 0 Å². The monoisotopic (exact) mass is 284 g/mol. The van der Waals surface area contributed by atoms with Crippen molar-refractivity contribution >= 4 is 6.09 Å². The van der Waals surface area contributed by atoms with Gasteiger partial charge in [-0.05, 0) is 51.5 Å². The Morgan fingerprint density at radius 1 is 1.45 bits per heavy atom. The second-order valence-corrected chi connectivity index (χ2v) is 6.16. The van der Waals surface area contributed by atoms with Gasteiger partial charge in [0, 0.05) is 24.7 Å². The van der Waals surface area contributed by atoms with Gasteiger partial charge < -0.3 is 14.8 Å². The van der Waals surface area contributed by atoms with Gasteiger partial charge in [-0.1, -0.05) is 5.11 Å². The topological polar surface area (TPSA) is 96.3 Å². The molecule has 0 aromatic carbocycles. The number of azide groups is 1. The van der Waals surface area contributed by atoms with Gasteiger partial charge in [-0.2, -0.15) is 0 Å². The fourth-order valence-electron chi connectivity index (χ4n) is 2.45. The molecule has 1 aliphatic rings. The van der Waals surface area contributed by atoms with Crippen molar-refractivity contribution in [2.24, 2.45) is 11.0 Å². The Morgan fingerprint density at radius 2 is 2.15 bits per heavy atom. The van der Waals surface area contributed by atoms with Crippen LogP contribution in [-0.4, -0.2) is 37.5 Å². The quantitative estimate of drug-likeness (QED) is 0.488. The summed E-state index contributed by atoms with van der Waals surface area (Å²) in [5, 5.41) is 6.60. The predicted octanol–water partition coefficient (Wildman–Crippen LogP) is 3.01. The molecular formula is C13H24N4O3. The molecule has 7 heteroatoms. The SMILES string of the molecule is COC[C@@H]1CC[C@@H](N=[N+]=[N-])[C@@H](NC(=O)OC(C)(C)C)C1. The van der Waals surface area contributed by atoms with Crippen molar-refractivity contribution in [1.29, 1.82) is 0 Å². The molecule has 20 heavy (non-hydrogen) atoms. The zero-order valence-electron chi connectivity index (χ0n) is 12.6. The minimum Gasteiger partial charge on any atom is -0.444 e. The number of nitrogens with zero attached hydrogens (tertiary/aromatic N) is 3. The van der Waals surface area contributed by atoms with E-state index in [-0.39, 0.29) is 12.1 Å². The first-order valence-corrected chi connectivity index (χ1v) is 6.88. The van der Waals surface area contributed by atoms with Gasteiger partial charge in [-0.25, -0.2) is 4.79 Å². The molecule has 0 spiro atoms. The maximum atomic E-state index is 11.8. The average molecular weight is 284 g/mol. The number of hydrogen-bond acceptors (Lipinski definition) is 4. The third-order valence-corrected chi connectivity index (χ3v) is 3.23. The van der Waals surface area contributed by atoms with Crippen LogP contribution in [0.1, 0.15) is 40.0 Å². The van der Waals surface area contributed by atoms with Crippen LogP contribution in [0.15, 0.2) is 5.11 Å². The Bertz CT molecular complexity index is 374. The number of carbonyl (C=O) groups is 1. The summed E-state index contributed by atoms with van der Waals surface area (Å²) >= 11 is 0. The summed E-state index contributed by atoms with van der Waals surface area (Å²) in [7, 11) is 1.66. The van der Waals surface area contributed by atoms with Gasteiger partial charge >= 0.3 is 6.09 Å². The number of hydrogen-bond donors (Lipinski definition) is 1. The molecule has 1 aliphatic carbocycles. The van der Waals surface area contributed by atoms with Crippen LogP contribution < -0.4 is 5.32 Å². The van der Waals surface area contributed by atoms with Crippen molar-refractivity contribution in [2.75, 3.05) is 13.7 Å². The van der Waals surface area contributed by atoms with E-state index in [9.17, 15) is 4.79 Å². The van der Waals surface area contributed by atoms with Crippen molar-refractivity contribution in [3.8, 4) is 0 Å². The largest absolute Gasteiger partial charge is 0.444 e. The first-order valence-electron chi connectivity index (χ1n) is 6.88. The number of methoxy groups -OCH3 is 1. The Morgan fingerprint density at radius 3 is 2.70 bits per heavy atom. The zero-order chi connectivity index (χ0) is 15.2.